The lowest BCUT2D eigenvalue weighted by atomic mass is 10.1. The van der Waals surface area contributed by atoms with E-state index in [2.05, 4.69) is 38.3 Å². The largest absolute Gasteiger partial charge is 0.392 e. The molecule has 0 heterocycles. The fourth-order valence-corrected chi connectivity index (χ4v) is 1.85. The van der Waals surface area contributed by atoms with Gasteiger partial charge in [-0.05, 0) is 32.1 Å². The molecule has 0 saturated carbocycles. The van der Waals surface area contributed by atoms with Gasteiger partial charge in [-0.1, -0.05) is 27.7 Å². The molecule has 2 atom stereocenters. The number of carbonyl (C=O) groups is 1. The number of hydrogen-bond acceptors (Lipinski definition) is 3. The Kier molecular flexibility index (Phi) is 9.02. The van der Waals surface area contributed by atoms with Gasteiger partial charge in [-0.25, -0.2) is 0 Å². The molecule has 0 saturated heterocycles. The van der Waals surface area contributed by atoms with E-state index in [4.69, 9.17) is 0 Å². The second kappa shape index (κ2) is 9.34. The van der Waals surface area contributed by atoms with Gasteiger partial charge in [-0.3, -0.25) is 4.79 Å². The third-order valence-electron chi connectivity index (χ3n) is 3.13. The van der Waals surface area contributed by atoms with E-state index in [1.54, 1.807) is 0 Å². The number of aliphatic hydroxyl groups excluding tert-OH is 1. The Morgan fingerprint density at radius 2 is 1.72 bits per heavy atom. The Labute approximate surface area is 112 Å². The first kappa shape index (κ1) is 17.4. The van der Waals surface area contributed by atoms with Crippen molar-refractivity contribution in [1.29, 1.82) is 0 Å². The van der Waals surface area contributed by atoms with E-state index in [0.29, 0.717) is 12.5 Å². The average molecular weight is 258 g/mol. The van der Waals surface area contributed by atoms with E-state index in [-0.39, 0.29) is 24.1 Å². The van der Waals surface area contributed by atoms with Gasteiger partial charge in [0.05, 0.1) is 12.1 Å². The summed E-state index contributed by atoms with van der Waals surface area (Å²) in [6.07, 6.45) is 2.28. The first-order chi connectivity index (χ1) is 8.40. The van der Waals surface area contributed by atoms with E-state index < -0.39 is 0 Å². The number of carbonyl (C=O) groups excluding carboxylic acids is 1. The van der Waals surface area contributed by atoms with Crippen LogP contribution in [0.25, 0.3) is 0 Å². The van der Waals surface area contributed by atoms with Crippen molar-refractivity contribution in [1.82, 2.24) is 10.6 Å². The monoisotopic (exact) mass is 258 g/mol. The van der Waals surface area contributed by atoms with Gasteiger partial charge in [0.25, 0.3) is 0 Å². The van der Waals surface area contributed by atoms with Crippen LogP contribution in [0.2, 0.25) is 0 Å². The highest BCUT2D eigenvalue weighted by molar-refractivity contribution is 5.81. The Morgan fingerprint density at radius 3 is 2.17 bits per heavy atom. The van der Waals surface area contributed by atoms with Crippen LogP contribution in [0.15, 0.2) is 0 Å². The first-order valence-electron chi connectivity index (χ1n) is 7.12. The first-order valence-corrected chi connectivity index (χ1v) is 7.12. The summed E-state index contributed by atoms with van der Waals surface area (Å²) in [4.78, 5) is 11.9. The van der Waals surface area contributed by atoms with Crippen molar-refractivity contribution >= 4 is 5.91 Å². The van der Waals surface area contributed by atoms with Crippen molar-refractivity contribution < 1.29 is 9.90 Å². The summed E-state index contributed by atoms with van der Waals surface area (Å²) in [6.45, 7) is 10.6. The Balaban J connectivity index is 3.93. The number of hydrogen-bond donors (Lipinski definition) is 3. The number of aliphatic hydroxyl groups is 1. The maximum absolute atomic E-state index is 11.9. The van der Waals surface area contributed by atoms with E-state index in [9.17, 15) is 9.90 Å². The predicted octanol–water partition coefficient (Wildman–Crippen LogP) is 1.68. The summed E-state index contributed by atoms with van der Waals surface area (Å²) in [5, 5.41) is 15.8. The van der Waals surface area contributed by atoms with Gasteiger partial charge >= 0.3 is 0 Å². The van der Waals surface area contributed by atoms with Crippen LogP contribution >= 0.6 is 0 Å². The molecule has 3 N–H and O–H groups in total. The zero-order valence-corrected chi connectivity index (χ0v) is 12.5. The number of nitrogens with one attached hydrogen (secondary N) is 2. The predicted molar refractivity (Wildman–Crippen MR) is 75.4 cm³/mol. The van der Waals surface area contributed by atoms with E-state index in [1.807, 2.05) is 6.92 Å². The minimum atomic E-state index is -0.381. The molecule has 0 rings (SSSR count). The van der Waals surface area contributed by atoms with Crippen molar-refractivity contribution in [2.24, 2.45) is 5.92 Å². The van der Waals surface area contributed by atoms with Gasteiger partial charge < -0.3 is 15.7 Å². The van der Waals surface area contributed by atoms with Crippen LogP contribution in [-0.2, 0) is 4.79 Å². The second-order valence-electron chi connectivity index (χ2n) is 5.44. The molecule has 0 aliphatic heterocycles. The smallest absolute Gasteiger partial charge is 0.237 e. The Morgan fingerprint density at radius 1 is 1.17 bits per heavy atom. The standard InChI is InChI=1S/C14H30N2O2/c1-6-12(7-2)16-14(18)11(5)15-9-13(17)8-10(3)4/h10-13,15,17H,6-9H2,1-5H3,(H,16,18). The Hall–Kier alpha value is -0.610. The molecular weight excluding hydrogens is 228 g/mol. The zero-order chi connectivity index (χ0) is 14.1. The molecule has 0 bridgehead atoms. The summed E-state index contributed by atoms with van der Waals surface area (Å²) in [5.74, 6) is 0.482. The molecule has 0 aromatic rings. The third-order valence-corrected chi connectivity index (χ3v) is 3.13. The van der Waals surface area contributed by atoms with E-state index in [1.165, 1.54) is 0 Å². The SMILES string of the molecule is CCC(CC)NC(=O)C(C)NCC(O)CC(C)C. The molecule has 0 aromatic heterocycles. The summed E-state index contributed by atoms with van der Waals surface area (Å²) in [7, 11) is 0. The average Bonchev–Trinajstić information content (AvgIpc) is 2.31. The van der Waals surface area contributed by atoms with Crippen LogP contribution in [0.3, 0.4) is 0 Å². The highest BCUT2D eigenvalue weighted by Crippen LogP contribution is 2.03. The van der Waals surface area contributed by atoms with Crippen LogP contribution < -0.4 is 10.6 Å². The van der Waals surface area contributed by atoms with Crippen molar-refractivity contribution in [3.05, 3.63) is 0 Å². The minimum absolute atomic E-state index is 0.0143. The zero-order valence-electron chi connectivity index (χ0n) is 12.5. The molecule has 0 aliphatic carbocycles. The molecule has 0 fully saturated rings. The van der Waals surface area contributed by atoms with Gasteiger partial charge in [0, 0.05) is 12.6 Å². The van der Waals surface area contributed by atoms with Crippen LogP contribution in [-0.4, -0.2) is 35.7 Å². The molecule has 0 radical (unpaired) electrons. The summed E-state index contributed by atoms with van der Waals surface area (Å²) in [6, 6.07) is -0.00486. The minimum Gasteiger partial charge on any atom is -0.392 e. The molecule has 1 amide bonds. The van der Waals surface area contributed by atoms with Crippen molar-refractivity contribution in [2.75, 3.05) is 6.54 Å². The fraction of sp³-hybridized carbons (Fsp3) is 0.929. The lowest BCUT2D eigenvalue weighted by Gasteiger charge is -2.21. The molecule has 0 aliphatic rings. The van der Waals surface area contributed by atoms with Crippen LogP contribution in [0, 0.1) is 5.92 Å². The van der Waals surface area contributed by atoms with Gasteiger partial charge in [-0.15, -0.1) is 0 Å². The van der Waals surface area contributed by atoms with Gasteiger partial charge in [0.1, 0.15) is 0 Å². The van der Waals surface area contributed by atoms with Crippen LogP contribution in [0.4, 0.5) is 0 Å². The molecule has 108 valence electrons. The Bertz CT molecular complexity index is 228. The molecular formula is C14H30N2O2. The fourth-order valence-electron chi connectivity index (χ4n) is 1.85. The molecule has 4 nitrogen and oxygen atoms in total. The molecule has 0 spiro atoms. The lowest BCUT2D eigenvalue weighted by molar-refractivity contribution is -0.123. The van der Waals surface area contributed by atoms with Gasteiger partial charge in [0.15, 0.2) is 0 Å². The third kappa shape index (κ3) is 7.67. The van der Waals surface area contributed by atoms with Crippen molar-refractivity contribution in [2.45, 2.75) is 72.1 Å². The summed E-state index contributed by atoms with van der Waals surface area (Å²) in [5.41, 5.74) is 0. The lowest BCUT2D eigenvalue weighted by Crippen LogP contribution is -2.47. The van der Waals surface area contributed by atoms with Crippen molar-refractivity contribution in [3.8, 4) is 0 Å². The highest BCUT2D eigenvalue weighted by atomic mass is 16.3. The number of amides is 1. The maximum atomic E-state index is 11.9. The molecule has 2 unspecified atom stereocenters. The topological polar surface area (TPSA) is 61.4 Å². The van der Waals surface area contributed by atoms with Crippen LogP contribution in [0.5, 0.6) is 0 Å². The summed E-state index contributed by atoms with van der Waals surface area (Å²) >= 11 is 0. The molecule has 4 heteroatoms. The van der Waals surface area contributed by atoms with Gasteiger partial charge in [0.2, 0.25) is 5.91 Å². The second-order valence-corrected chi connectivity index (χ2v) is 5.44. The van der Waals surface area contributed by atoms with Gasteiger partial charge in [-0.2, -0.15) is 0 Å². The summed E-state index contributed by atoms with van der Waals surface area (Å²) < 4.78 is 0. The van der Waals surface area contributed by atoms with Crippen molar-refractivity contribution in [3.63, 3.8) is 0 Å². The normalized spacial score (nSPS) is 14.9. The number of rotatable bonds is 9. The van der Waals surface area contributed by atoms with E-state index in [0.717, 1.165) is 19.3 Å². The maximum Gasteiger partial charge on any atom is 0.237 e. The van der Waals surface area contributed by atoms with Crippen LogP contribution in [0.1, 0.15) is 53.9 Å². The molecule has 0 aromatic carbocycles. The van der Waals surface area contributed by atoms with E-state index >= 15 is 0 Å². The molecule has 18 heavy (non-hydrogen) atoms. The highest BCUT2D eigenvalue weighted by Gasteiger charge is 2.16. The quantitative estimate of drug-likeness (QED) is 0.589.